The highest BCUT2D eigenvalue weighted by Gasteiger charge is 2.28. The Balaban J connectivity index is 1.62. The van der Waals surface area contributed by atoms with Gasteiger partial charge in [-0.15, -0.1) is 0 Å². The molecule has 0 radical (unpaired) electrons. The van der Waals surface area contributed by atoms with Crippen molar-refractivity contribution in [1.82, 2.24) is 14.5 Å². The third kappa shape index (κ3) is 2.82. The van der Waals surface area contributed by atoms with Crippen molar-refractivity contribution >= 4 is 10.9 Å². The molecule has 158 valence electrons. The molecule has 5 aromatic rings. The largest absolute Gasteiger partial charge is 0.497 e. The van der Waals surface area contributed by atoms with Crippen LogP contribution in [0.25, 0.3) is 44.9 Å². The third-order valence-corrected chi connectivity index (χ3v) is 6.30. The SMILES string of the molecule is COc1ccc(-c2nc(-c3ccccc3)n3c2-c2[nH]c4ccc(OC)cc4c2CC3)cc1. The average Bonchev–Trinajstić information content (AvgIpc) is 3.43. The van der Waals surface area contributed by atoms with E-state index in [1.165, 1.54) is 10.9 Å². The van der Waals surface area contributed by atoms with Crippen LogP contribution in [0.4, 0.5) is 0 Å². The van der Waals surface area contributed by atoms with Crippen molar-refractivity contribution in [2.45, 2.75) is 13.0 Å². The quantitative estimate of drug-likeness (QED) is 0.391. The first-order valence-corrected chi connectivity index (χ1v) is 10.8. The zero-order valence-electron chi connectivity index (χ0n) is 18.1. The van der Waals surface area contributed by atoms with E-state index in [9.17, 15) is 0 Å². The minimum atomic E-state index is 0.837. The van der Waals surface area contributed by atoms with Crippen molar-refractivity contribution in [1.29, 1.82) is 0 Å². The topological polar surface area (TPSA) is 52.1 Å². The molecule has 5 heteroatoms. The van der Waals surface area contributed by atoms with Crippen LogP contribution in [0, 0.1) is 0 Å². The van der Waals surface area contributed by atoms with Crippen LogP contribution >= 0.6 is 0 Å². The summed E-state index contributed by atoms with van der Waals surface area (Å²) in [5, 5.41) is 1.22. The highest BCUT2D eigenvalue weighted by atomic mass is 16.5. The number of rotatable bonds is 4. The molecule has 0 unspecified atom stereocenters. The first kappa shape index (κ1) is 18.8. The number of ether oxygens (including phenoxy) is 2. The molecule has 0 saturated carbocycles. The van der Waals surface area contributed by atoms with E-state index in [0.29, 0.717) is 0 Å². The molecule has 0 fully saturated rings. The summed E-state index contributed by atoms with van der Waals surface area (Å²) in [7, 11) is 3.40. The fourth-order valence-corrected chi connectivity index (χ4v) is 4.72. The Morgan fingerprint density at radius 1 is 0.844 bits per heavy atom. The number of nitrogens with zero attached hydrogens (tertiary/aromatic N) is 2. The van der Waals surface area contributed by atoms with Gasteiger partial charge in [0.15, 0.2) is 0 Å². The number of imidazole rings is 1. The van der Waals surface area contributed by atoms with E-state index >= 15 is 0 Å². The van der Waals surface area contributed by atoms with Crippen molar-refractivity contribution in [2.75, 3.05) is 14.2 Å². The Morgan fingerprint density at radius 3 is 2.34 bits per heavy atom. The first-order chi connectivity index (χ1) is 15.8. The molecule has 3 aromatic carbocycles. The van der Waals surface area contributed by atoms with Crippen molar-refractivity contribution in [3.8, 4) is 45.5 Å². The summed E-state index contributed by atoms with van der Waals surface area (Å²) in [5.41, 5.74) is 7.88. The number of benzene rings is 3. The van der Waals surface area contributed by atoms with Gasteiger partial charge in [-0.1, -0.05) is 30.3 Å². The predicted octanol–water partition coefficient (Wildman–Crippen LogP) is 5.94. The van der Waals surface area contributed by atoms with E-state index in [0.717, 1.165) is 64.0 Å². The number of nitrogens with one attached hydrogen (secondary N) is 1. The lowest BCUT2D eigenvalue weighted by atomic mass is 9.99. The molecule has 0 atom stereocenters. The maximum atomic E-state index is 5.49. The molecule has 1 aliphatic rings. The molecule has 0 amide bonds. The summed E-state index contributed by atoms with van der Waals surface area (Å²) in [5.74, 6) is 2.70. The molecule has 0 spiro atoms. The summed E-state index contributed by atoms with van der Waals surface area (Å²) >= 11 is 0. The van der Waals surface area contributed by atoms with E-state index in [2.05, 4.69) is 58.1 Å². The van der Waals surface area contributed by atoms with E-state index in [4.69, 9.17) is 14.5 Å². The van der Waals surface area contributed by atoms with Crippen molar-refractivity contribution in [2.24, 2.45) is 0 Å². The van der Waals surface area contributed by atoms with Crippen LogP contribution in [0.15, 0.2) is 72.8 Å². The molecule has 2 aromatic heterocycles. The standard InChI is InChI=1S/C27H23N3O2/c1-31-19-10-8-17(9-11-19)24-26-25-21(22-16-20(32-2)12-13-23(22)28-25)14-15-30(26)27(29-24)18-6-4-3-5-7-18/h3-13,16,28H,14-15H2,1-2H3. The monoisotopic (exact) mass is 421 g/mol. The first-order valence-electron chi connectivity index (χ1n) is 10.8. The molecular formula is C27H23N3O2. The Bertz CT molecular complexity index is 1430. The van der Waals surface area contributed by atoms with Crippen LogP contribution in [-0.4, -0.2) is 28.8 Å². The lowest BCUT2D eigenvalue weighted by Gasteiger charge is -2.19. The van der Waals surface area contributed by atoms with Crippen molar-refractivity contribution in [3.63, 3.8) is 0 Å². The molecule has 0 saturated heterocycles. The predicted molar refractivity (Wildman–Crippen MR) is 127 cm³/mol. The molecule has 1 N–H and O–H groups in total. The number of aromatic nitrogens is 3. The van der Waals surface area contributed by atoms with Crippen LogP contribution in [-0.2, 0) is 13.0 Å². The van der Waals surface area contributed by atoms with Gasteiger partial charge in [0, 0.05) is 28.6 Å². The van der Waals surface area contributed by atoms with Crippen molar-refractivity contribution < 1.29 is 9.47 Å². The maximum Gasteiger partial charge on any atom is 0.141 e. The number of aromatic amines is 1. The van der Waals surface area contributed by atoms with Crippen LogP contribution < -0.4 is 9.47 Å². The Labute approximate surface area is 186 Å². The Kier molecular flexibility index (Phi) is 4.28. The van der Waals surface area contributed by atoms with E-state index < -0.39 is 0 Å². The average molecular weight is 422 g/mol. The van der Waals surface area contributed by atoms with Gasteiger partial charge in [0.2, 0.25) is 0 Å². The van der Waals surface area contributed by atoms with Gasteiger partial charge in [0.05, 0.1) is 31.3 Å². The van der Waals surface area contributed by atoms with Gasteiger partial charge >= 0.3 is 0 Å². The molecule has 5 nitrogen and oxygen atoms in total. The van der Waals surface area contributed by atoms with Crippen LogP contribution in [0.1, 0.15) is 5.56 Å². The molecule has 6 rings (SSSR count). The number of hydrogen-bond acceptors (Lipinski definition) is 3. The second-order valence-corrected chi connectivity index (χ2v) is 8.02. The number of hydrogen-bond donors (Lipinski definition) is 1. The summed E-state index contributed by atoms with van der Waals surface area (Å²) in [6.45, 7) is 0.875. The van der Waals surface area contributed by atoms with Crippen LogP contribution in [0.3, 0.4) is 0 Å². The van der Waals surface area contributed by atoms with Gasteiger partial charge in [0.25, 0.3) is 0 Å². The van der Waals surface area contributed by atoms with Crippen LogP contribution in [0.5, 0.6) is 11.5 Å². The van der Waals surface area contributed by atoms with Gasteiger partial charge < -0.3 is 19.0 Å². The van der Waals surface area contributed by atoms with Gasteiger partial charge in [-0.2, -0.15) is 0 Å². The van der Waals surface area contributed by atoms with E-state index in [1.807, 2.05) is 24.3 Å². The Hall–Kier alpha value is -3.99. The van der Waals surface area contributed by atoms with Gasteiger partial charge in [-0.3, -0.25) is 0 Å². The van der Waals surface area contributed by atoms with Gasteiger partial charge in [-0.25, -0.2) is 4.98 Å². The molecule has 32 heavy (non-hydrogen) atoms. The summed E-state index contributed by atoms with van der Waals surface area (Å²) < 4.78 is 13.2. The lowest BCUT2D eigenvalue weighted by Crippen LogP contribution is -2.11. The smallest absolute Gasteiger partial charge is 0.141 e. The zero-order chi connectivity index (χ0) is 21.7. The Morgan fingerprint density at radius 2 is 1.59 bits per heavy atom. The van der Waals surface area contributed by atoms with Gasteiger partial charge in [-0.05, 0) is 54.4 Å². The number of H-pyrrole nitrogens is 1. The minimum absolute atomic E-state index is 0.837. The summed E-state index contributed by atoms with van der Waals surface area (Å²) in [4.78, 5) is 8.85. The van der Waals surface area contributed by atoms with Gasteiger partial charge in [0.1, 0.15) is 17.3 Å². The summed E-state index contributed by atoms with van der Waals surface area (Å²) in [6, 6.07) is 24.8. The number of methoxy groups -OCH3 is 2. The highest BCUT2D eigenvalue weighted by molar-refractivity contribution is 5.95. The second kappa shape index (κ2) is 7.31. The van der Waals surface area contributed by atoms with Crippen LogP contribution in [0.2, 0.25) is 0 Å². The molecule has 3 heterocycles. The molecule has 0 aliphatic carbocycles. The highest BCUT2D eigenvalue weighted by Crippen LogP contribution is 2.43. The fourth-order valence-electron chi connectivity index (χ4n) is 4.72. The number of aryl methyl sites for hydroxylation is 1. The van der Waals surface area contributed by atoms with E-state index in [-0.39, 0.29) is 0 Å². The normalized spacial score (nSPS) is 12.4. The molecular weight excluding hydrogens is 398 g/mol. The van der Waals surface area contributed by atoms with E-state index in [1.54, 1.807) is 14.2 Å². The third-order valence-electron chi connectivity index (χ3n) is 6.30. The lowest BCUT2D eigenvalue weighted by molar-refractivity contribution is 0.415. The maximum absolute atomic E-state index is 5.49. The molecule has 1 aliphatic heterocycles. The second-order valence-electron chi connectivity index (χ2n) is 8.02. The number of fused-ring (bicyclic) bond motifs is 5. The summed E-state index contributed by atoms with van der Waals surface area (Å²) in [6.07, 6.45) is 0.938. The zero-order valence-corrected chi connectivity index (χ0v) is 18.1. The fraction of sp³-hybridized carbons (Fsp3) is 0.148. The molecule has 0 bridgehead atoms. The van der Waals surface area contributed by atoms with Crippen molar-refractivity contribution in [3.05, 3.63) is 78.4 Å². The minimum Gasteiger partial charge on any atom is -0.497 e.